The Morgan fingerprint density at radius 2 is 2.00 bits per heavy atom. The van der Waals surface area contributed by atoms with Gasteiger partial charge in [0.05, 0.1) is 18.4 Å². The van der Waals surface area contributed by atoms with Crippen LogP contribution in [0.5, 0.6) is 11.5 Å². The third-order valence-corrected chi connectivity index (χ3v) is 6.53. The van der Waals surface area contributed by atoms with Gasteiger partial charge in [-0.15, -0.1) is 0 Å². The first kappa shape index (κ1) is 24.5. The summed E-state index contributed by atoms with van der Waals surface area (Å²) in [4.78, 5) is 31.2. The average Bonchev–Trinajstić information content (AvgIpc) is 3.58. The van der Waals surface area contributed by atoms with Gasteiger partial charge >= 0.3 is 0 Å². The molecule has 4 aromatic rings. The number of benzene rings is 2. The number of hydrogen-bond acceptors (Lipinski definition) is 5. The largest absolute Gasteiger partial charge is 0.454 e. The minimum absolute atomic E-state index is 0.0294. The summed E-state index contributed by atoms with van der Waals surface area (Å²) in [6.45, 7) is 0.0902. The van der Waals surface area contributed by atoms with Gasteiger partial charge in [-0.3, -0.25) is 19.3 Å². The van der Waals surface area contributed by atoms with Crippen molar-refractivity contribution in [3.05, 3.63) is 89.6 Å². The summed E-state index contributed by atoms with van der Waals surface area (Å²) in [7, 11) is 1.80. The SMILES string of the molecule is Cn1cc(-c2cc(Oc3ccc(N(Cc4cccc(Cl)c4)C(=O)C4(C(N)=O)CC4)cc3F)ccn2)cn1. The van der Waals surface area contributed by atoms with Crippen LogP contribution in [0, 0.1) is 11.2 Å². The highest BCUT2D eigenvalue weighted by molar-refractivity contribution is 6.30. The summed E-state index contributed by atoms with van der Waals surface area (Å²) in [5, 5.41) is 4.63. The van der Waals surface area contributed by atoms with E-state index in [1.807, 2.05) is 6.20 Å². The van der Waals surface area contributed by atoms with Crippen LogP contribution in [0.1, 0.15) is 18.4 Å². The maximum atomic E-state index is 15.3. The second-order valence-electron chi connectivity index (χ2n) is 8.96. The molecule has 37 heavy (non-hydrogen) atoms. The highest BCUT2D eigenvalue weighted by Crippen LogP contribution is 2.48. The van der Waals surface area contributed by atoms with Gasteiger partial charge in [-0.05, 0) is 48.7 Å². The Balaban J connectivity index is 1.43. The maximum absolute atomic E-state index is 15.3. The number of aromatic nitrogens is 3. The third-order valence-electron chi connectivity index (χ3n) is 6.29. The lowest BCUT2D eigenvalue weighted by Crippen LogP contribution is -2.43. The van der Waals surface area contributed by atoms with Gasteiger partial charge in [-0.1, -0.05) is 23.7 Å². The quantitative estimate of drug-likeness (QED) is 0.335. The Morgan fingerprint density at radius 3 is 2.65 bits per heavy atom. The molecule has 2 amide bonds. The van der Waals surface area contributed by atoms with Crippen molar-refractivity contribution >= 4 is 29.1 Å². The minimum atomic E-state index is -1.27. The molecule has 0 aliphatic heterocycles. The van der Waals surface area contributed by atoms with E-state index in [-0.39, 0.29) is 18.0 Å². The number of rotatable bonds is 8. The maximum Gasteiger partial charge on any atom is 0.242 e. The fourth-order valence-electron chi connectivity index (χ4n) is 4.10. The molecule has 0 saturated heterocycles. The van der Waals surface area contributed by atoms with Crippen LogP contribution in [-0.2, 0) is 23.2 Å². The lowest BCUT2D eigenvalue weighted by molar-refractivity contribution is -0.133. The molecular weight excluding hydrogens is 497 g/mol. The normalized spacial score (nSPS) is 13.7. The van der Waals surface area contributed by atoms with Crippen molar-refractivity contribution in [2.24, 2.45) is 18.2 Å². The van der Waals surface area contributed by atoms with Crippen molar-refractivity contribution in [1.82, 2.24) is 14.8 Å². The molecule has 5 rings (SSSR count). The number of carbonyl (C=O) groups is 2. The molecule has 0 radical (unpaired) electrons. The van der Waals surface area contributed by atoms with Crippen molar-refractivity contribution in [2.45, 2.75) is 19.4 Å². The van der Waals surface area contributed by atoms with E-state index in [2.05, 4.69) is 10.1 Å². The molecule has 1 aliphatic rings. The van der Waals surface area contributed by atoms with Crippen LogP contribution in [0.3, 0.4) is 0 Å². The predicted molar refractivity (Wildman–Crippen MR) is 136 cm³/mol. The molecule has 8 nitrogen and oxygen atoms in total. The van der Waals surface area contributed by atoms with Gasteiger partial charge in [-0.2, -0.15) is 5.10 Å². The Kier molecular flexibility index (Phi) is 6.39. The molecule has 2 aromatic carbocycles. The predicted octanol–water partition coefficient (Wildman–Crippen LogP) is 4.87. The monoisotopic (exact) mass is 519 g/mol. The van der Waals surface area contributed by atoms with E-state index in [1.54, 1.807) is 66.6 Å². The Bertz CT molecular complexity index is 1500. The van der Waals surface area contributed by atoms with Gasteiger partial charge in [-0.25, -0.2) is 4.39 Å². The van der Waals surface area contributed by atoms with E-state index in [0.717, 1.165) is 11.1 Å². The summed E-state index contributed by atoms with van der Waals surface area (Å²) in [5.41, 5.74) is 6.69. The smallest absolute Gasteiger partial charge is 0.242 e. The summed E-state index contributed by atoms with van der Waals surface area (Å²) < 4.78 is 22.7. The highest BCUT2D eigenvalue weighted by Gasteiger charge is 2.57. The lowest BCUT2D eigenvalue weighted by atomic mass is 10.0. The summed E-state index contributed by atoms with van der Waals surface area (Å²) >= 11 is 6.12. The molecule has 188 valence electrons. The van der Waals surface area contributed by atoms with Crippen LogP contribution in [0.2, 0.25) is 5.02 Å². The number of nitrogens with zero attached hydrogens (tertiary/aromatic N) is 4. The van der Waals surface area contributed by atoms with Crippen LogP contribution >= 0.6 is 11.6 Å². The van der Waals surface area contributed by atoms with Gasteiger partial charge < -0.3 is 15.4 Å². The summed E-state index contributed by atoms with van der Waals surface area (Å²) in [5.74, 6) is -1.47. The fraction of sp³-hybridized carbons (Fsp3) is 0.185. The number of nitrogens with two attached hydrogens (primary N) is 1. The number of ether oxygens (including phenoxy) is 1. The zero-order valence-electron chi connectivity index (χ0n) is 19.9. The number of halogens is 2. The molecule has 2 aromatic heterocycles. The Labute approximate surface area is 217 Å². The van der Waals surface area contributed by atoms with Crippen LogP contribution in [-0.4, -0.2) is 26.6 Å². The van der Waals surface area contributed by atoms with E-state index >= 15 is 4.39 Å². The van der Waals surface area contributed by atoms with Gasteiger partial charge in [0.15, 0.2) is 11.6 Å². The number of anilines is 1. The van der Waals surface area contributed by atoms with E-state index in [4.69, 9.17) is 22.1 Å². The first-order valence-corrected chi connectivity index (χ1v) is 11.9. The topological polar surface area (TPSA) is 103 Å². The molecule has 10 heteroatoms. The Morgan fingerprint density at radius 1 is 1.19 bits per heavy atom. The number of pyridine rings is 1. The molecular formula is C27H23ClFN5O3. The number of amides is 2. The average molecular weight is 520 g/mol. The molecule has 0 bridgehead atoms. The lowest BCUT2D eigenvalue weighted by Gasteiger charge is -2.27. The highest BCUT2D eigenvalue weighted by atomic mass is 35.5. The molecule has 1 aliphatic carbocycles. The number of carbonyl (C=O) groups excluding carboxylic acids is 2. The van der Waals surface area contributed by atoms with E-state index in [1.165, 1.54) is 17.0 Å². The first-order chi connectivity index (χ1) is 17.7. The van der Waals surface area contributed by atoms with E-state index in [0.29, 0.717) is 29.3 Å². The van der Waals surface area contributed by atoms with Crippen molar-refractivity contribution in [3.63, 3.8) is 0 Å². The second kappa shape index (κ2) is 9.67. The zero-order valence-corrected chi connectivity index (χ0v) is 20.7. The third kappa shape index (κ3) is 5.03. The second-order valence-corrected chi connectivity index (χ2v) is 9.40. The fourth-order valence-corrected chi connectivity index (χ4v) is 4.31. The summed E-state index contributed by atoms with van der Waals surface area (Å²) in [6, 6.07) is 14.5. The van der Waals surface area contributed by atoms with Gasteiger partial charge in [0, 0.05) is 47.8 Å². The molecule has 1 saturated carbocycles. The van der Waals surface area contributed by atoms with Crippen molar-refractivity contribution < 1.29 is 18.7 Å². The van der Waals surface area contributed by atoms with Crippen LogP contribution in [0.25, 0.3) is 11.3 Å². The number of aryl methyl sites for hydroxylation is 1. The van der Waals surface area contributed by atoms with Gasteiger partial charge in [0.1, 0.15) is 11.2 Å². The van der Waals surface area contributed by atoms with E-state index in [9.17, 15) is 9.59 Å². The van der Waals surface area contributed by atoms with Gasteiger partial charge in [0.25, 0.3) is 0 Å². The standard InChI is InChI=1S/C27H23ClFN5O3/c1-33-16-18(14-32-33)23-13-21(7-10-31-23)37-24-6-5-20(12-22(24)29)34(15-17-3-2-4-19(28)11-17)26(36)27(8-9-27)25(30)35/h2-7,10-14,16H,8-9,15H2,1H3,(H2,30,35). The first-order valence-electron chi connectivity index (χ1n) is 11.5. The molecule has 2 N–H and O–H groups in total. The van der Waals surface area contributed by atoms with Crippen molar-refractivity contribution in [1.29, 1.82) is 0 Å². The zero-order chi connectivity index (χ0) is 26.2. The Hall–Kier alpha value is -4.24. The number of primary amides is 1. The molecule has 0 unspecified atom stereocenters. The van der Waals surface area contributed by atoms with Crippen molar-refractivity contribution in [3.8, 4) is 22.8 Å². The number of hydrogen-bond donors (Lipinski definition) is 1. The molecule has 1 fully saturated rings. The van der Waals surface area contributed by atoms with Gasteiger partial charge in [0.2, 0.25) is 11.8 Å². The molecule has 0 atom stereocenters. The minimum Gasteiger partial charge on any atom is -0.454 e. The van der Waals surface area contributed by atoms with Crippen LogP contribution in [0.15, 0.2) is 73.2 Å². The van der Waals surface area contributed by atoms with E-state index < -0.39 is 23.0 Å². The van der Waals surface area contributed by atoms with Crippen LogP contribution in [0.4, 0.5) is 10.1 Å². The summed E-state index contributed by atoms with van der Waals surface area (Å²) in [6.07, 6.45) is 5.77. The van der Waals surface area contributed by atoms with Crippen molar-refractivity contribution in [2.75, 3.05) is 4.90 Å². The molecule has 0 spiro atoms. The van der Waals surface area contributed by atoms with Crippen LogP contribution < -0.4 is 15.4 Å². The molecule has 2 heterocycles.